The lowest BCUT2D eigenvalue weighted by Gasteiger charge is -2.21. The first-order chi connectivity index (χ1) is 13.3. The van der Waals surface area contributed by atoms with Gasteiger partial charge in [0.15, 0.2) is 5.43 Å². The number of hydrogen-bond donors (Lipinski definition) is 1. The zero-order valence-corrected chi connectivity index (χ0v) is 18.5. The summed E-state index contributed by atoms with van der Waals surface area (Å²) in [5.41, 5.74) is 6.96. The standard InChI is InChI=1S/C24H34N2O2/c1-8-12-20-21(23(27)19(11-4)16(6)26(20)7)24(28)25-22-17(9-2)13-15(5)14-18(22)10-3/h13-14H,8-12H2,1-7H3,(H,25,28). The molecule has 0 aliphatic heterocycles. The summed E-state index contributed by atoms with van der Waals surface area (Å²) in [5.74, 6) is -0.285. The van der Waals surface area contributed by atoms with E-state index in [-0.39, 0.29) is 11.3 Å². The van der Waals surface area contributed by atoms with Crippen LogP contribution >= 0.6 is 0 Å². The number of benzene rings is 1. The number of aryl methyl sites for hydroxylation is 3. The van der Waals surface area contributed by atoms with Crippen molar-refractivity contribution in [3.8, 4) is 0 Å². The molecule has 4 heteroatoms. The Labute approximate surface area is 169 Å². The van der Waals surface area contributed by atoms with Crippen LogP contribution in [0.1, 0.15) is 78.1 Å². The van der Waals surface area contributed by atoms with Crippen LogP contribution < -0.4 is 10.7 Å². The highest BCUT2D eigenvalue weighted by molar-refractivity contribution is 6.06. The molecule has 1 aromatic carbocycles. The number of nitrogens with one attached hydrogen (secondary N) is 1. The van der Waals surface area contributed by atoms with Crippen molar-refractivity contribution in [2.24, 2.45) is 7.05 Å². The topological polar surface area (TPSA) is 51.1 Å². The SMILES string of the molecule is CCCc1c(C(=O)Nc2c(CC)cc(C)cc2CC)c(=O)c(CC)c(C)n1C. The molecule has 0 aliphatic carbocycles. The molecule has 1 aromatic heterocycles. The fourth-order valence-corrected chi connectivity index (χ4v) is 4.04. The van der Waals surface area contributed by atoms with E-state index in [0.717, 1.165) is 53.0 Å². The molecule has 0 saturated carbocycles. The van der Waals surface area contributed by atoms with E-state index in [9.17, 15) is 9.59 Å². The largest absolute Gasteiger partial charge is 0.351 e. The average molecular weight is 383 g/mol. The van der Waals surface area contributed by atoms with E-state index in [2.05, 4.69) is 45.1 Å². The molecular formula is C24H34N2O2. The van der Waals surface area contributed by atoms with Crippen LogP contribution in [0.15, 0.2) is 16.9 Å². The summed E-state index contributed by atoms with van der Waals surface area (Å²) in [6.07, 6.45) is 3.87. The van der Waals surface area contributed by atoms with Crippen molar-refractivity contribution >= 4 is 11.6 Å². The first-order valence-electron chi connectivity index (χ1n) is 10.5. The zero-order valence-electron chi connectivity index (χ0n) is 18.5. The predicted octanol–water partition coefficient (Wildman–Crippen LogP) is 4.89. The summed E-state index contributed by atoms with van der Waals surface area (Å²) in [4.78, 5) is 26.5. The highest BCUT2D eigenvalue weighted by atomic mass is 16.2. The Balaban J connectivity index is 2.66. The van der Waals surface area contributed by atoms with Gasteiger partial charge in [-0.25, -0.2) is 0 Å². The Morgan fingerprint density at radius 1 is 1.00 bits per heavy atom. The van der Waals surface area contributed by atoms with Gasteiger partial charge in [-0.05, 0) is 50.7 Å². The normalized spacial score (nSPS) is 11.0. The molecule has 2 rings (SSSR count). The Morgan fingerprint density at radius 2 is 1.57 bits per heavy atom. The quantitative estimate of drug-likeness (QED) is 0.741. The second kappa shape index (κ2) is 9.22. The number of carbonyl (C=O) groups excluding carboxylic acids is 1. The van der Waals surface area contributed by atoms with Crippen LogP contribution in [-0.4, -0.2) is 10.5 Å². The van der Waals surface area contributed by atoms with Gasteiger partial charge in [-0.3, -0.25) is 9.59 Å². The third kappa shape index (κ3) is 4.06. The van der Waals surface area contributed by atoms with Crippen molar-refractivity contribution < 1.29 is 4.79 Å². The first-order valence-corrected chi connectivity index (χ1v) is 10.5. The summed E-state index contributed by atoms with van der Waals surface area (Å²) in [6, 6.07) is 4.24. The lowest BCUT2D eigenvalue weighted by Crippen LogP contribution is -2.31. The summed E-state index contributed by atoms with van der Waals surface area (Å²) in [6.45, 7) is 12.3. The van der Waals surface area contributed by atoms with Gasteiger partial charge >= 0.3 is 0 Å². The van der Waals surface area contributed by atoms with E-state index in [4.69, 9.17) is 0 Å². The maximum Gasteiger partial charge on any atom is 0.261 e. The average Bonchev–Trinajstić information content (AvgIpc) is 2.67. The van der Waals surface area contributed by atoms with Crippen molar-refractivity contribution in [3.63, 3.8) is 0 Å². The summed E-state index contributed by atoms with van der Waals surface area (Å²) >= 11 is 0. The molecule has 4 nitrogen and oxygen atoms in total. The van der Waals surface area contributed by atoms with Crippen LogP contribution in [0.3, 0.4) is 0 Å². The van der Waals surface area contributed by atoms with E-state index in [0.29, 0.717) is 18.4 Å². The summed E-state index contributed by atoms with van der Waals surface area (Å²) in [5, 5.41) is 3.11. The molecule has 0 radical (unpaired) electrons. The van der Waals surface area contributed by atoms with Crippen molar-refractivity contribution in [1.82, 2.24) is 4.57 Å². The summed E-state index contributed by atoms with van der Waals surface area (Å²) < 4.78 is 2.02. The molecule has 0 atom stereocenters. The number of amides is 1. The van der Waals surface area contributed by atoms with Crippen LogP contribution in [0.5, 0.6) is 0 Å². The van der Waals surface area contributed by atoms with E-state index in [1.807, 2.05) is 25.5 Å². The molecule has 0 bridgehead atoms. The second-order valence-corrected chi connectivity index (χ2v) is 7.50. The first kappa shape index (κ1) is 21.9. The number of pyridine rings is 1. The number of aromatic nitrogens is 1. The van der Waals surface area contributed by atoms with Gasteiger partial charge in [0, 0.05) is 29.7 Å². The van der Waals surface area contributed by atoms with Crippen LogP contribution in [-0.2, 0) is 32.7 Å². The molecule has 0 aliphatic rings. The minimum Gasteiger partial charge on any atom is -0.351 e. The van der Waals surface area contributed by atoms with E-state index < -0.39 is 0 Å². The van der Waals surface area contributed by atoms with Gasteiger partial charge < -0.3 is 9.88 Å². The van der Waals surface area contributed by atoms with Crippen molar-refractivity contribution in [2.75, 3.05) is 5.32 Å². The highest BCUT2D eigenvalue weighted by Crippen LogP contribution is 2.26. The van der Waals surface area contributed by atoms with E-state index in [1.54, 1.807) is 0 Å². The molecule has 2 aromatic rings. The molecule has 1 amide bonds. The van der Waals surface area contributed by atoms with Crippen LogP contribution in [0.2, 0.25) is 0 Å². The maximum absolute atomic E-state index is 13.4. The van der Waals surface area contributed by atoms with Gasteiger partial charge in [-0.1, -0.05) is 51.8 Å². The van der Waals surface area contributed by atoms with E-state index >= 15 is 0 Å². The molecular weight excluding hydrogens is 348 g/mol. The summed E-state index contributed by atoms with van der Waals surface area (Å²) in [7, 11) is 1.95. The maximum atomic E-state index is 13.4. The third-order valence-corrected chi connectivity index (χ3v) is 5.65. The minimum atomic E-state index is -0.285. The number of carbonyl (C=O) groups is 1. The number of hydrogen-bond acceptors (Lipinski definition) is 2. The molecule has 1 N–H and O–H groups in total. The number of anilines is 1. The lowest BCUT2D eigenvalue weighted by molar-refractivity contribution is 0.102. The molecule has 0 spiro atoms. The van der Waals surface area contributed by atoms with Crippen LogP contribution in [0.25, 0.3) is 0 Å². The predicted molar refractivity (Wildman–Crippen MR) is 118 cm³/mol. The Hall–Kier alpha value is -2.36. The van der Waals surface area contributed by atoms with Gasteiger partial charge in [-0.2, -0.15) is 0 Å². The van der Waals surface area contributed by atoms with Crippen molar-refractivity contribution in [2.45, 2.75) is 73.6 Å². The van der Waals surface area contributed by atoms with E-state index in [1.165, 1.54) is 5.56 Å². The molecule has 0 fully saturated rings. The number of nitrogens with zero attached hydrogens (tertiary/aromatic N) is 1. The minimum absolute atomic E-state index is 0.123. The van der Waals surface area contributed by atoms with Crippen molar-refractivity contribution in [1.29, 1.82) is 0 Å². The highest BCUT2D eigenvalue weighted by Gasteiger charge is 2.23. The second-order valence-electron chi connectivity index (χ2n) is 7.50. The molecule has 152 valence electrons. The fraction of sp³-hybridized carbons (Fsp3) is 0.500. The molecule has 0 unspecified atom stereocenters. The van der Waals surface area contributed by atoms with Crippen molar-refractivity contribution in [3.05, 3.63) is 61.6 Å². The van der Waals surface area contributed by atoms with Crippen LogP contribution in [0, 0.1) is 13.8 Å². The fourth-order valence-electron chi connectivity index (χ4n) is 4.04. The monoisotopic (exact) mass is 382 g/mol. The van der Waals surface area contributed by atoms with Gasteiger partial charge in [0.05, 0.1) is 0 Å². The van der Waals surface area contributed by atoms with Crippen LogP contribution in [0.4, 0.5) is 5.69 Å². The van der Waals surface area contributed by atoms with Gasteiger partial charge in [0.2, 0.25) is 0 Å². The molecule has 0 saturated heterocycles. The van der Waals surface area contributed by atoms with Gasteiger partial charge in [-0.15, -0.1) is 0 Å². The zero-order chi connectivity index (χ0) is 21.0. The van der Waals surface area contributed by atoms with Gasteiger partial charge in [0.25, 0.3) is 5.91 Å². The molecule has 1 heterocycles. The Kier molecular flexibility index (Phi) is 7.22. The smallest absolute Gasteiger partial charge is 0.261 e. The molecule has 28 heavy (non-hydrogen) atoms. The Bertz CT molecular complexity index is 914. The number of rotatable bonds is 7. The Morgan fingerprint density at radius 3 is 2.04 bits per heavy atom. The van der Waals surface area contributed by atoms with Gasteiger partial charge in [0.1, 0.15) is 5.56 Å². The third-order valence-electron chi connectivity index (χ3n) is 5.65. The lowest BCUT2D eigenvalue weighted by atomic mass is 9.98.